The second kappa shape index (κ2) is 11.1. The molecule has 1 aromatic rings. The van der Waals surface area contributed by atoms with Gasteiger partial charge < -0.3 is 24.6 Å². The van der Waals surface area contributed by atoms with Crippen LogP contribution in [0.4, 0.5) is 4.79 Å². The number of carbonyl (C=O) groups excluding carboxylic acids is 2. The van der Waals surface area contributed by atoms with Crippen LogP contribution in [0.25, 0.3) is 0 Å². The number of urea groups is 1. The van der Waals surface area contributed by atoms with Crippen molar-refractivity contribution in [3.8, 4) is 0 Å². The van der Waals surface area contributed by atoms with Gasteiger partial charge in [-0.3, -0.25) is 9.48 Å². The van der Waals surface area contributed by atoms with Gasteiger partial charge in [-0.15, -0.1) is 5.10 Å². The van der Waals surface area contributed by atoms with Gasteiger partial charge in [-0.25, -0.2) is 4.79 Å². The summed E-state index contributed by atoms with van der Waals surface area (Å²) < 4.78 is 12.0. The van der Waals surface area contributed by atoms with Gasteiger partial charge in [0.15, 0.2) is 5.69 Å². The number of carbonyl (C=O) groups is 2. The Morgan fingerprint density at radius 1 is 1.28 bits per heavy atom. The summed E-state index contributed by atoms with van der Waals surface area (Å²) >= 11 is 0. The fraction of sp³-hybridized carbons (Fsp3) is 0.789. The molecule has 1 unspecified atom stereocenters. The van der Waals surface area contributed by atoms with E-state index < -0.39 is 0 Å². The average Bonchev–Trinajstić information content (AvgIpc) is 3.24. The van der Waals surface area contributed by atoms with Gasteiger partial charge >= 0.3 is 6.03 Å². The number of amides is 3. The Balaban J connectivity index is 1.49. The first-order chi connectivity index (χ1) is 14.2. The van der Waals surface area contributed by atoms with Crippen molar-refractivity contribution >= 4 is 11.9 Å². The summed E-state index contributed by atoms with van der Waals surface area (Å²) in [4.78, 5) is 28.7. The highest BCUT2D eigenvalue weighted by Crippen LogP contribution is 2.20. The average molecular weight is 409 g/mol. The van der Waals surface area contributed by atoms with Crippen molar-refractivity contribution < 1.29 is 19.1 Å². The summed E-state index contributed by atoms with van der Waals surface area (Å²) in [5, 5.41) is 11.1. The van der Waals surface area contributed by atoms with Crippen LogP contribution in [0.3, 0.4) is 0 Å². The van der Waals surface area contributed by atoms with Crippen molar-refractivity contribution in [2.24, 2.45) is 0 Å². The van der Waals surface area contributed by atoms with Crippen LogP contribution in [0, 0.1) is 0 Å². The van der Waals surface area contributed by atoms with Gasteiger partial charge in [0.1, 0.15) is 0 Å². The molecule has 10 heteroatoms. The predicted octanol–water partition coefficient (Wildman–Crippen LogP) is 0.741. The topological polar surface area (TPSA) is 102 Å². The number of piperidine rings is 1. The monoisotopic (exact) mass is 408 g/mol. The van der Waals surface area contributed by atoms with Crippen LogP contribution in [-0.4, -0.2) is 95.9 Å². The summed E-state index contributed by atoms with van der Waals surface area (Å²) in [5.41, 5.74) is 0.364. The highest BCUT2D eigenvalue weighted by atomic mass is 16.5. The first kappa shape index (κ1) is 21.5. The van der Waals surface area contributed by atoms with Crippen molar-refractivity contribution in [3.05, 3.63) is 11.9 Å². The number of methoxy groups -OCH3 is 1. The molecule has 0 aliphatic carbocycles. The van der Waals surface area contributed by atoms with E-state index in [2.05, 4.69) is 15.6 Å². The van der Waals surface area contributed by atoms with Gasteiger partial charge in [-0.2, -0.15) is 0 Å². The van der Waals surface area contributed by atoms with Crippen molar-refractivity contribution in [3.63, 3.8) is 0 Å². The molecule has 0 saturated carbocycles. The van der Waals surface area contributed by atoms with E-state index in [-0.39, 0.29) is 18.0 Å². The predicted molar refractivity (Wildman–Crippen MR) is 106 cm³/mol. The number of hydrogen-bond donors (Lipinski definition) is 1. The highest BCUT2D eigenvalue weighted by molar-refractivity contribution is 5.92. The molecule has 3 rings (SSSR count). The molecule has 10 nitrogen and oxygen atoms in total. The molecule has 2 saturated heterocycles. The molecule has 2 aliphatic rings. The largest absolute Gasteiger partial charge is 0.385 e. The highest BCUT2D eigenvalue weighted by Gasteiger charge is 2.27. The lowest BCUT2D eigenvalue weighted by Crippen LogP contribution is -2.49. The van der Waals surface area contributed by atoms with E-state index in [0.717, 1.165) is 38.6 Å². The molecule has 0 bridgehead atoms. The first-order valence-electron chi connectivity index (χ1n) is 10.5. The number of nitrogens with one attached hydrogen (secondary N) is 1. The van der Waals surface area contributed by atoms with E-state index in [1.54, 1.807) is 22.9 Å². The summed E-state index contributed by atoms with van der Waals surface area (Å²) in [6.07, 6.45) is 6.44. The molecule has 162 valence electrons. The summed E-state index contributed by atoms with van der Waals surface area (Å²) in [7, 11) is 1.66. The van der Waals surface area contributed by atoms with E-state index in [9.17, 15) is 9.59 Å². The lowest BCUT2D eigenvalue weighted by atomic mass is 10.00. The molecule has 3 heterocycles. The fourth-order valence-electron chi connectivity index (χ4n) is 3.80. The molecule has 0 aromatic carbocycles. The third-order valence-corrected chi connectivity index (χ3v) is 5.44. The van der Waals surface area contributed by atoms with Crippen molar-refractivity contribution in [1.82, 2.24) is 30.1 Å². The number of morpholine rings is 1. The zero-order valence-electron chi connectivity index (χ0n) is 17.2. The van der Waals surface area contributed by atoms with E-state index in [4.69, 9.17) is 9.47 Å². The Hall–Kier alpha value is -2.20. The van der Waals surface area contributed by atoms with E-state index in [1.807, 2.05) is 4.90 Å². The molecular weight excluding hydrogens is 376 g/mol. The molecule has 3 amide bonds. The minimum absolute atomic E-state index is 0.00687. The quantitative estimate of drug-likeness (QED) is 0.637. The fourth-order valence-corrected chi connectivity index (χ4v) is 3.80. The molecule has 0 spiro atoms. The maximum absolute atomic E-state index is 12.5. The van der Waals surface area contributed by atoms with Crippen LogP contribution in [0.2, 0.25) is 0 Å². The molecule has 29 heavy (non-hydrogen) atoms. The van der Waals surface area contributed by atoms with Gasteiger partial charge in [-0.1, -0.05) is 5.21 Å². The Kier molecular flexibility index (Phi) is 8.24. The maximum Gasteiger partial charge on any atom is 0.317 e. The molecule has 1 atom stereocenters. The smallest absolute Gasteiger partial charge is 0.317 e. The van der Waals surface area contributed by atoms with Crippen molar-refractivity contribution in [1.29, 1.82) is 0 Å². The standard InChI is InChI=1S/C19H32N6O4/c1-28-12-4-7-20-19(27)25-8-3-2-5-16(25)6-9-24-15-17(21-22-24)18(26)23-10-13-29-14-11-23/h15-16H,2-14H2,1H3,(H,20,27). The summed E-state index contributed by atoms with van der Waals surface area (Å²) in [6, 6.07) is 0.168. The van der Waals surface area contributed by atoms with E-state index in [1.165, 1.54) is 0 Å². The van der Waals surface area contributed by atoms with Crippen molar-refractivity contribution in [2.45, 2.75) is 44.7 Å². The van der Waals surface area contributed by atoms with E-state index >= 15 is 0 Å². The van der Waals surface area contributed by atoms with Crippen LogP contribution in [0.1, 0.15) is 42.6 Å². The van der Waals surface area contributed by atoms with Gasteiger partial charge in [0.2, 0.25) is 0 Å². The normalized spacial score (nSPS) is 20.0. The van der Waals surface area contributed by atoms with Crippen LogP contribution < -0.4 is 5.32 Å². The van der Waals surface area contributed by atoms with Crippen LogP contribution in [0.5, 0.6) is 0 Å². The molecule has 1 N–H and O–H groups in total. The SMILES string of the molecule is COCCCNC(=O)N1CCCCC1CCn1cc(C(=O)N2CCOCC2)nn1. The molecule has 1 aromatic heterocycles. The summed E-state index contributed by atoms with van der Waals surface area (Å²) in [5.74, 6) is -0.103. The third kappa shape index (κ3) is 6.14. The van der Waals surface area contributed by atoms with Gasteiger partial charge in [0, 0.05) is 52.5 Å². The first-order valence-corrected chi connectivity index (χ1v) is 10.5. The zero-order chi connectivity index (χ0) is 20.5. The Morgan fingerprint density at radius 2 is 2.10 bits per heavy atom. The second-order valence-corrected chi connectivity index (χ2v) is 7.48. The number of ether oxygens (including phenoxy) is 2. The number of aryl methyl sites for hydroxylation is 1. The minimum Gasteiger partial charge on any atom is -0.385 e. The minimum atomic E-state index is -0.103. The lowest BCUT2D eigenvalue weighted by Gasteiger charge is -2.35. The van der Waals surface area contributed by atoms with Crippen LogP contribution >= 0.6 is 0 Å². The molecule has 0 radical (unpaired) electrons. The molecule has 2 aliphatic heterocycles. The number of hydrogen-bond acceptors (Lipinski definition) is 6. The maximum atomic E-state index is 12.5. The number of aromatic nitrogens is 3. The van der Waals surface area contributed by atoms with Crippen LogP contribution in [-0.2, 0) is 16.0 Å². The van der Waals surface area contributed by atoms with Crippen LogP contribution in [0.15, 0.2) is 6.20 Å². The van der Waals surface area contributed by atoms with Gasteiger partial charge in [0.25, 0.3) is 5.91 Å². The van der Waals surface area contributed by atoms with Gasteiger partial charge in [-0.05, 0) is 32.1 Å². The van der Waals surface area contributed by atoms with Gasteiger partial charge in [0.05, 0.1) is 19.4 Å². The van der Waals surface area contributed by atoms with Crippen molar-refractivity contribution in [2.75, 3.05) is 53.1 Å². The molecule has 2 fully saturated rings. The second-order valence-electron chi connectivity index (χ2n) is 7.48. The Labute approximate surface area is 171 Å². The lowest BCUT2D eigenvalue weighted by molar-refractivity contribution is 0.0299. The Bertz CT molecular complexity index is 661. The number of likely N-dealkylation sites (tertiary alicyclic amines) is 1. The summed E-state index contributed by atoms with van der Waals surface area (Å²) in [6.45, 7) is 4.95. The zero-order valence-corrected chi connectivity index (χ0v) is 17.2. The molecular formula is C19H32N6O4. The number of rotatable bonds is 8. The Morgan fingerprint density at radius 3 is 2.90 bits per heavy atom. The van der Waals surface area contributed by atoms with E-state index in [0.29, 0.717) is 51.7 Å². The third-order valence-electron chi connectivity index (χ3n) is 5.44. The number of nitrogens with zero attached hydrogens (tertiary/aromatic N) is 5.